The second kappa shape index (κ2) is 3.33. The molecule has 70 valence electrons. The van der Waals surface area contributed by atoms with Crippen LogP contribution in [0.2, 0.25) is 0 Å². The summed E-state index contributed by atoms with van der Waals surface area (Å²) >= 11 is 0. The van der Waals surface area contributed by atoms with Gasteiger partial charge in [-0.05, 0) is 24.4 Å². The van der Waals surface area contributed by atoms with Crippen LogP contribution in [0.1, 0.15) is 5.69 Å². The molecular formula is C11H12BNO. The summed E-state index contributed by atoms with van der Waals surface area (Å²) in [4.78, 5) is 4.48. The maximum Gasteiger partial charge on any atom is 0.145 e. The van der Waals surface area contributed by atoms with E-state index in [1.165, 1.54) is 5.46 Å². The van der Waals surface area contributed by atoms with Crippen molar-refractivity contribution in [3.8, 4) is 5.75 Å². The quantitative estimate of drug-likeness (QED) is 0.613. The second-order valence-electron chi connectivity index (χ2n) is 3.43. The van der Waals surface area contributed by atoms with Gasteiger partial charge in [0.15, 0.2) is 0 Å². The van der Waals surface area contributed by atoms with E-state index >= 15 is 0 Å². The third-order valence-electron chi connectivity index (χ3n) is 2.40. The summed E-state index contributed by atoms with van der Waals surface area (Å²) in [6.07, 6.45) is 0. The summed E-state index contributed by atoms with van der Waals surface area (Å²) in [6.45, 7) is 1.99. The predicted octanol–water partition coefficient (Wildman–Crippen LogP) is 0.810. The fourth-order valence-electron chi connectivity index (χ4n) is 1.60. The molecule has 0 aliphatic heterocycles. The molecule has 0 bridgehead atoms. The molecule has 0 aliphatic rings. The lowest BCUT2D eigenvalue weighted by Crippen LogP contribution is -2.05. The summed E-state index contributed by atoms with van der Waals surface area (Å²) in [6, 6.07) is 8.13. The highest BCUT2D eigenvalue weighted by Crippen LogP contribution is 2.21. The van der Waals surface area contributed by atoms with E-state index in [2.05, 4.69) is 25.0 Å². The van der Waals surface area contributed by atoms with Crippen molar-refractivity contribution in [1.29, 1.82) is 0 Å². The van der Waals surface area contributed by atoms with Gasteiger partial charge < -0.3 is 4.74 Å². The van der Waals surface area contributed by atoms with E-state index in [4.69, 9.17) is 4.74 Å². The van der Waals surface area contributed by atoms with Gasteiger partial charge in [-0.2, -0.15) is 0 Å². The minimum atomic E-state index is 0.842. The van der Waals surface area contributed by atoms with E-state index in [0.29, 0.717) is 0 Å². The van der Waals surface area contributed by atoms with Gasteiger partial charge in [0.25, 0.3) is 0 Å². The molecule has 1 heterocycles. The first-order valence-electron chi connectivity index (χ1n) is 4.63. The smallest absolute Gasteiger partial charge is 0.145 e. The molecular weight excluding hydrogens is 173 g/mol. The van der Waals surface area contributed by atoms with Gasteiger partial charge in [0.1, 0.15) is 19.1 Å². The van der Waals surface area contributed by atoms with E-state index in [9.17, 15) is 0 Å². The lowest BCUT2D eigenvalue weighted by molar-refractivity contribution is 0.419. The fourth-order valence-corrected chi connectivity index (χ4v) is 1.60. The Morgan fingerprint density at radius 1 is 1.21 bits per heavy atom. The monoisotopic (exact) mass is 185 g/mol. The van der Waals surface area contributed by atoms with Crippen LogP contribution < -0.4 is 10.2 Å². The number of nitrogens with zero attached hydrogens (tertiary/aromatic N) is 1. The largest absolute Gasteiger partial charge is 0.494 e. The van der Waals surface area contributed by atoms with Crippen LogP contribution >= 0.6 is 0 Å². The number of benzene rings is 1. The molecule has 1 aromatic carbocycles. The average molecular weight is 185 g/mol. The zero-order chi connectivity index (χ0) is 10.1. The van der Waals surface area contributed by atoms with Crippen LogP contribution in [0, 0.1) is 6.92 Å². The average Bonchev–Trinajstić information content (AvgIpc) is 2.18. The molecule has 14 heavy (non-hydrogen) atoms. The van der Waals surface area contributed by atoms with Gasteiger partial charge in [-0.1, -0.05) is 17.6 Å². The van der Waals surface area contributed by atoms with Gasteiger partial charge in [0.05, 0.1) is 7.11 Å². The van der Waals surface area contributed by atoms with Crippen LogP contribution in [0.4, 0.5) is 0 Å². The molecule has 3 heteroatoms. The number of methoxy groups -OCH3 is 1. The highest BCUT2D eigenvalue weighted by molar-refractivity contribution is 6.38. The zero-order valence-electron chi connectivity index (χ0n) is 8.66. The number of fused-ring (bicyclic) bond motifs is 1. The van der Waals surface area contributed by atoms with Crippen molar-refractivity contribution in [2.45, 2.75) is 6.92 Å². The summed E-state index contributed by atoms with van der Waals surface area (Å²) in [5.41, 5.74) is 3.20. The Morgan fingerprint density at radius 3 is 2.71 bits per heavy atom. The molecule has 1 aromatic heterocycles. The predicted molar refractivity (Wildman–Crippen MR) is 61.2 cm³/mol. The van der Waals surface area contributed by atoms with E-state index in [0.717, 1.165) is 22.3 Å². The number of hydrogen-bond donors (Lipinski definition) is 0. The van der Waals surface area contributed by atoms with Crippen LogP contribution in [-0.4, -0.2) is 19.9 Å². The lowest BCUT2D eigenvalue weighted by Gasteiger charge is -2.07. The lowest BCUT2D eigenvalue weighted by atomic mass is 9.91. The maximum atomic E-state index is 5.27. The van der Waals surface area contributed by atoms with Crippen molar-refractivity contribution < 1.29 is 4.74 Å². The van der Waals surface area contributed by atoms with Gasteiger partial charge in [-0.25, -0.2) is 4.98 Å². The van der Waals surface area contributed by atoms with Crippen molar-refractivity contribution in [3.63, 3.8) is 0 Å². The van der Waals surface area contributed by atoms with Crippen LogP contribution in [0.5, 0.6) is 5.75 Å². The summed E-state index contributed by atoms with van der Waals surface area (Å²) in [7, 11) is 3.76. The Bertz CT molecular complexity index is 482. The van der Waals surface area contributed by atoms with Crippen LogP contribution in [0.3, 0.4) is 0 Å². The Morgan fingerprint density at radius 2 is 2.00 bits per heavy atom. The Kier molecular flexibility index (Phi) is 2.16. The Balaban J connectivity index is 2.85. The number of aryl methyl sites for hydroxylation is 1. The van der Waals surface area contributed by atoms with E-state index < -0.39 is 0 Å². The number of rotatable bonds is 1. The van der Waals surface area contributed by atoms with E-state index in [1.54, 1.807) is 7.11 Å². The number of ether oxygens (including phenoxy) is 1. The van der Waals surface area contributed by atoms with Crippen molar-refractivity contribution in [2.24, 2.45) is 0 Å². The molecule has 2 rings (SSSR count). The maximum absolute atomic E-state index is 5.27. The molecule has 0 unspecified atom stereocenters. The number of hydrogen-bond acceptors (Lipinski definition) is 2. The van der Waals surface area contributed by atoms with Gasteiger partial charge in [0, 0.05) is 5.69 Å². The van der Waals surface area contributed by atoms with E-state index in [-0.39, 0.29) is 0 Å². The normalized spacial score (nSPS) is 10.4. The van der Waals surface area contributed by atoms with Crippen LogP contribution in [-0.2, 0) is 0 Å². The summed E-state index contributed by atoms with van der Waals surface area (Å²) < 4.78 is 5.27. The van der Waals surface area contributed by atoms with Gasteiger partial charge in [-0.3, -0.25) is 0 Å². The molecule has 0 N–H and O–H groups in total. The highest BCUT2D eigenvalue weighted by atomic mass is 16.5. The molecule has 0 spiro atoms. The molecule has 2 nitrogen and oxygen atoms in total. The molecule has 0 aliphatic carbocycles. The summed E-state index contributed by atoms with van der Waals surface area (Å²) in [5, 5.41) is 1.16. The van der Waals surface area contributed by atoms with Crippen LogP contribution in [0.15, 0.2) is 24.3 Å². The molecule has 2 aromatic rings. The van der Waals surface area contributed by atoms with E-state index in [1.807, 2.05) is 19.1 Å². The first kappa shape index (κ1) is 9.07. The first-order chi connectivity index (χ1) is 6.72. The first-order valence-corrected chi connectivity index (χ1v) is 4.63. The highest BCUT2D eigenvalue weighted by Gasteiger charge is 2.04. The fraction of sp³-hybridized carbons (Fsp3) is 0.182. The van der Waals surface area contributed by atoms with Crippen molar-refractivity contribution in [2.75, 3.05) is 7.11 Å². The molecule has 0 radical (unpaired) electrons. The van der Waals surface area contributed by atoms with Crippen molar-refractivity contribution in [3.05, 3.63) is 30.0 Å². The van der Waals surface area contributed by atoms with Crippen LogP contribution in [0.25, 0.3) is 10.9 Å². The van der Waals surface area contributed by atoms with Gasteiger partial charge >= 0.3 is 0 Å². The standard InChI is InChI=1S/C11H12BNO/c1-7-3-4-8-9(12)5-6-10(14-2)11(8)13-7/h3-6H,12H2,1-2H3. The minimum absolute atomic E-state index is 0.842. The minimum Gasteiger partial charge on any atom is -0.494 e. The molecule has 0 saturated heterocycles. The van der Waals surface area contributed by atoms with Gasteiger partial charge in [-0.15, -0.1) is 0 Å². The molecule has 0 amide bonds. The molecule has 0 saturated carbocycles. The molecule has 0 atom stereocenters. The number of aromatic nitrogens is 1. The zero-order valence-corrected chi connectivity index (χ0v) is 8.66. The SMILES string of the molecule is Bc1ccc(OC)c2nc(C)ccc12. The third kappa shape index (κ3) is 1.35. The Hall–Kier alpha value is -1.51. The summed E-state index contributed by atoms with van der Waals surface area (Å²) in [5.74, 6) is 0.842. The topological polar surface area (TPSA) is 22.1 Å². The van der Waals surface area contributed by atoms with Gasteiger partial charge in [0.2, 0.25) is 0 Å². The number of pyridine rings is 1. The Labute approximate surface area is 84.3 Å². The van der Waals surface area contributed by atoms with Crippen molar-refractivity contribution in [1.82, 2.24) is 4.98 Å². The molecule has 0 fully saturated rings. The second-order valence-corrected chi connectivity index (χ2v) is 3.43. The van der Waals surface area contributed by atoms with Crippen molar-refractivity contribution >= 4 is 24.2 Å². The third-order valence-corrected chi connectivity index (χ3v) is 2.40.